The number of nitrogens with zero attached hydrogens (tertiary/aromatic N) is 4. The van der Waals surface area contributed by atoms with Gasteiger partial charge in [0, 0.05) is 43.0 Å². The first kappa shape index (κ1) is 17.9. The maximum atomic E-state index is 14.3. The molecule has 142 valence electrons. The number of likely N-dealkylation sites (N-methyl/N-ethyl adjacent to an activating group) is 1. The van der Waals surface area contributed by atoms with Crippen LogP contribution >= 0.6 is 0 Å². The van der Waals surface area contributed by atoms with Crippen LogP contribution in [0.1, 0.15) is 12.8 Å². The van der Waals surface area contributed by atoms with Gasteiger partial charge in [0.25, 0.3) is 0 Å². The fourth-order valence-corrected chi connectivity index (χ4v) is 3.63. The van der Waals surface area contributed by atoms with E-state index in [9.17, 15) is 4.39 Å². The van der Waals surface area contributed by atoms with E-state index in [0.717, 1.165) is 38.4 Å². The number of fused-ring (bicyclic) bond motifs is 1. The van der Waals surface area contributed by atoms with Crippen LogP contribution in [0.5, 0.6) is 0 Å². The first-order chi connectivity index (χ1) is 13.1. The van der Waals surface area contributed by atoms with Crippen LogP contribution in [0.2, 0.25) is 0 Å². The van der Waals surface area contributed by atoms with E-state index in [1.54, 1.807) is 22.8 Å². The summed E-state index contributed by atoms with van der Waals surface area (Å²) < 4.78 is 21.6. The van der Waals surface area contributed by atoms with Crippen molar-refractivity contribution in [2.24, 2.45) is 0 Å². The Labute approximate surface area is 158 Å². The Morgan fingerprint density at radius 2 is 2.00 bits per heavy atom. The Kier molecular flexibility index (Phi) is 4.80. The molecule has 0 unspecified atom stereocenters. The average Bonchev–Trinajstić information content (AvgIpc) is 3.16. The lowest BCUT2D eigenvalue weighted by molar-refractivity contribution is -0.000681. The summed E-state index contributed by atoms with van der Waals surface area (Å²) in [6, 6.07) is 10.4. The van der Waals surface area contributed by atoms with Crippen molar-refractivity contribution in [1.29, 1.82) is 0 Å². The van der Waals surface area contributed by atoms with E-state index in [1.807, 2.05) is 18.2 Å². The number of nitrogens with one attached hydrogen (secondary N) is 1. The number of hydrogen-bond acceptors (Lipinski definition) is 5. The zero-order valence-corrected chi connectivity index (χ0v) is 15.7. The summed E-state index contributed by atoms with van der Waals surface area (Å²) in [5, 5.41) is 7.90. The predicted octanol–water partition coefficient (Wildman–Crippen LogP) is 3.06. The lowest BCUT2D eigenvalue weighted by Crippen LogP contribution is -2.53. The quantitative estimate of drug-likeness (QED) is 0.749. The van der Waals surface area contributed by atoms with Crippen LogP contribution in [0.15, 0.2) is 42.6 Å². The summed E-state index contributed by atoms with van der Waals surface area (Å²) in [6.07, 6.45) is 3.62. The normalized spacial score (nSPS) is 16.7. The van der Waals surface area contributed by atoms with Gasteiger partial charge >= 0.3 is 0 Å². The molecule has 6 nitrogen and oxygen atoms in total. The van der Waals surface area contributed by atoms with Gasteiger partial charge in [-0.15, -0.1) is 0 Å². The number of anilines is 1. The molecule has 0 amide bonds. The van der Waals surface area contributed by atoms with E-state index in [0.29, 0.717) is 16.9 Å². The van der Waals surface area contributed by atoms with E-state index >= 15 is 0 Å². The van der Waals surface area contributed by atoms with Crippen molar-refractivity contribution < 1.29 is 9.13 Å². The van der Waals surface area contributed by atoms with Crippen LogP contribution in [0.3, 0.4) is 0 Å². The van der Waals surface area contributed by atoms with Gasteiger partial charge in [-0.25, -0.2) is 9.37 Å². The Balaban J connectivity index is 1.69. The van der Waals surface area contributed by atoms with Crippen molar-refractivity contribution in [3.63, 3.8) is 0 Å². The fourth-order valence-electron chi connectivity index (χ4n) is 3.63. The summed E-state index contributed by atoms with van der Waals surface area (Å²) in [6.45, 7) is 2.26. The molecule has 3 aromatic rings. The summed E-state index contributed by atoms with van der Waals surface area (Å²) in [7, 11) is 4.21. The SMILES string of the molecule is CN(C)C1(CNc2cc(-c3ccccc3F)nc3ccnn23)CCOCC1. The summed E-state index contributed by atoms with van der Waals surface area (Å²) >= 11 is 0. The molecule has 1 aliphatic rings. The van der Waals surface area contributed by atoms with E-state index in [1.165, 1.54) is 6.07 Å². The highest BCUT2D eigenvalue weighted by atomic mass is 19.1. The molecule has 1 aliphatic heterocycles. The Bertz CT molecular complexity index is 933. The molecule has 3 heterocycles. The Hall–Kier alpha value is -2.51. The van der Waals surface area contributed by atoms with Crippen LogP contribution in [-0.4, -0.2) is 58.9 Å². The van der Waals surface area contributed by atoms with E-state index in [4.69, 9.17) is 4.74 Å². The monoisotopic (exact) mass is 369 g/mol. The third kappa shape index (κ3) is 3.40. The van der Waals surface area contributed by atoms with E-state index in [-0.39, 0.29) is 11.4 Å². The number of halogens is 1. The molecule has 0 saturated carbocycles. The van der Waals surface area contributed by atoms with E-state index < -0.39 is 0 Å². The molecule has 0 bridgehead atoms. The van der Waals surface area contributed by atoms with Crippen molar-refractivity contribution in [2.45, 2.75) is 18.4 Å². The van der Waals surface area contributed by atoms with Crippen molar-refractivity contribution in [2.75, 3.05) is 39.2 Å². The topological polar surface area (TPSA) is 54.7 Å². The number of hydrogen-bond donors (Lipinski definition) is 1. The predicted molar refractivity (Wildman–Crippen MR) is 103 cm³/mol. The summed E-state index contributed by atoms with van der Waals surface area (Å²) in [4.78, 5) is 6.83. The molecule has 1 fully saturated rings. The maximum absolute atomic E-state index is 14.3. The van der Waals surface area contributed by atoms with Crippen molar-refractivity contribution in [3.05, 3.63) is 48.4 Å². The van der Waals surface area contributed by atoms with Gasteiger partial charge in [-0.3, -0.25) is 0 Å². The number of benzene rings is 1. The number of ether oxygens (including phenoxy) is 1. The molecule has 7 heteroatoms. The molecular formula is C20H24FN5O. The molecule has 4 rings (SSSR count). The molecule has 1 aromatic carbocycles. The van der Waals surface area contributed by atoms with Crippen LogP contribution in [0, 0.1) is 5.82 Å². The Morgan fingerprint density at radius 1 is 1.22 bits per heavy atom. The molecule has 0 spiro atoms. The maximum Gasteiger partial charge on any atom is 0.157 e. The highest BCUT2D eigenvalue weighted by Crippen LogP contribution is 2.28. The Morgan fingerprint density at radius 3 is 2.74 bits per heavy atom. The molecule has 0 atom stereocenters. The summed E-state index contributed by atoms with van der Waals surface area (Å²) in [5.41, 5.74) is 1.77. The molecule has 0 aliphatic carbocycles. The van der Waals surface area contributed by atoms with Crippen molar-refractivity contribution in [3.8, 4) is 11.3 Å². The molecule has 0 radical (unpaired) electrons. The third-order valence-corrected chi connectivity index (χ3v) is 5.48. The first-order valence-electron chi connectivity index (χ1n) is 9.18. The number of rotatable bonds is 5. The standard InChI is InChI=1S/C20H24FN5O/c1-25(2)20(8-11-27-12-9-20)14-22-19-13-17(15-5-3-4-6-16(15)21)24-18-7-10-23-26(18)19/h3-7,10,13,22H,8-9,11-12,14H2,1-2H3. The van der Waals surface area contributed by atoms with Crippen LogP contribution in [0.25, 0.3) is 16.9 Å². The lowest BCUT2D eigenvalue weighted by Gasteiger charge is -2.43. The van der Waals surface area contributed by atoms with Gasteiger partial charge in [-0.1, -0.05) is 12.1 Å². The highest BCUT2D eigenvalue weighted by Gasteiger charge is 2.34. The van der Waals surface area contributed by atoms with Crippen LogP contribution < -0.4 is 5.32 Å². The van der Waals surface area contributed by atoms with Crippen molar-refractivity contribution >= 4 is 11.5 Å². The second kappa shape index (κ2) is 7.25. The zero-order valence-electron chi connectivity index (χ0n) is 15.7. The molecule has 1 saturated heterocycles. The third-order valence-electron chi connectivity index (χ3n) is 5.48. The summed E-state index contributed by atoms with van der Waals surface area (Å²) in [5.74, 6) is 0.518. The van der Waals surface area contributed by atoms with E-state index in [2.05, 4.69) is 34.4 Å². The van der Waals surface area contributed by atoms with Gasteiger partial charge < -0.3 is 15.0 Å². The second-order valence-corrected chi connectivity index (χ2v) is 7.19. The zero-order chi connectivity index (χ0) is 18.9. The minimum absolute atomic E-state index is 0.0131. The molecule has 2 aromatic heterocycles. The molecular weight excluding hydrogens is 345 g/mol. The largest absolute Gasteiger partial charge is 0.381 e. The molecule has 1 N–H and O–H groups in total. The average molecular weight is 369 g/mol. The minimum Gasteiger partial charge on any atom is -0.381 e. The van der Waals surface area contributed by atoms with Gasteiger partial charge in [0.1, 0.15) is 11.6 Å². The minimum atomic E-state index is -0.283. The van der Waals surface area contributed by atoms with Gasteiger partial charge in [0.05, 0.1) is 11.9 Å². The smallest absolute Gasteiger partial charge is 0.157 e. The van der Waals surface area contributed by atoms with Gasteiger partial charge in [0.2, 0.25) is 0 Å². The van der Waals surface area contributed by atoms with Crippen LogP contribution in [0.4, 0.5) is 10.2 Å². The highest BCUT2D eigenvalue weighted by molar-refractivity contribution is 5.66. The fraction of sp³-hybridized carbons (Fsp3) is 0.400. The number of aromatic nitrogens is 3. The van der Waals surface area contributed by atoms with Gasteiger partial charge in [0.15, 0.2) is 5.65 Å². The second-order valence-electron chi connectivity index (χ2n) is 7.19. The van der Waals surface area contributed by atoms with Crippen LogP contribution in [-0.2, 0) is 4.74 Å². The molecule has 27 heavy (non-hydrogen) atoms. The first-order valence-corrected chi connectivity index (χ1v) is 9.18. The van der Waals surface area contributed by atoms with Gasteiger partial charge in [-0.2, -0.15) is 9.61 Å². The van der Waals surface area contributed by atoms with Gasteiger partial charge in [-0.05, 0) is 39.1 Å². The lowest BCUT2D eigenvalue weighted by atomic mass is 9.88. The van der Waals surface area contributed by atoms with Crippen molar-refractivity contribution in [1.82, 2.24) is 19.5 Å².